The molecule has 0 amide bonds. The molecule has 242 valence electrons. The molecule has 1 aliphatic rings. The Hall–Kier alpha value is -6.90. The molecule has 9 aromatic rings. The first kappa shape index (κ1) is 30.0. The number of aromatic nitrogens is 2. The van der Waals surface area contributed by atoms with Crippen LogP contribution in [0.5, 0.6) is 0 Å². The first-order valence-corrected chi connectivity index (χ1v) is 17.8. The predicted octanol–water partition coefficient (Wildman–Crippen LogP) is 13.3. The van der Waals surface area contributed by atoms with Gasteiger partial charge in [-0.15, -0.1) is 0 Å². The molecule has 52 heavy (non-hydrogen) atoms. The summed E-state index contributed by atoms with van der Waals surface area (Å²) in [6.07, 6.45) is 0. The molecule has 1 aromatic heterocycles. The Morgan fingerprint density at radius 2 is 0.692 bits per heavy atom. The summed E-state index contributed by atoms with van der Waals surface area (Å²) in [7, 11) is 0. The second-order valence-electron chi connectivity index (χ2n) is 13.3. The van der Waals surface area contributed by atoms with E-state index in [9.17, 15) is 0 Å². The van der Waals surface area contributed by atoms with E-state index in [2.05, 4.69) is 176 Å². The number of fused-ring (bicyclic) bond motifs is 3. The lowest BCUT2D eigenvalue weighted by Gasteiger charge is -2.15. The average Bonchev–Trinajstić information content (AvgIpc) is 3.56. The Morgan fingerprint density at radius 1 is 0.250 bits per heavy atom. The van der Waals surface area contributed by atoms with Gasteiger partial charge in [0.1, 0.15) is 0 Å². The summed E-state index contributed by atoms with van der Waals surface area (Å²) < 4.78 is 0. The van der Waals surface area contributed by atoms with Gasteiger partial charge in [0, 0.05) is 16.7 Å². The Bertz CT molecular complexity index is 2740. The summed E-state index contributed by atoms with van der Waals surface area (Å²) in [5.74, 6) is 0.708. The number of hydrogen-bond donors (Lipinski definition) is 0. The van der Waals surface area contributed by atoms with Gasteiger partial charge in [0.25, 0.3) is 0 Å². The molecule has 0 unspecified atom stereocenters. The third-order valence-corrected chi connectivity index (χ3v) is 10.3. The molecule has 10 rings (SSSR count). The van der Waals surface area contributed by atoms with Crippen molar-refractivity contribution in [2.75, 3.05) is 0 Å². The molecular formula is C50H32N2. The maximum Gasteiger partial charge on any atom is 0.160 e. The number of hydrogen-bond acceptors (Lipinski definition) is 2. The van der Waals surface area contributed by atoms with Crippen LogP contribution in [0.3, 0.4) is 0 Å². The van der Waals surface area contributed by atoms with E-state index in [1.54, 1.807) is 0 Å². The molecule has 8 aromatic carbocycles. The highest BCUT2D eigenvalue weighted by Crippen LogP contribution is 2.50. The minimum atomic E-state index is 0.708. The van der Waals surface area contributed by atoms with Crippen molar-refractivity contribution in [1.29, 1.82) is 0 Å². The molecule has 0 spiro atoms. The number of benzene rings is 8. The quantitative estimate of drug-likeness (QED) is 0.177. The van der Waals surface area contributed by atoms with Gasteiger partial charge in [-0.2, -0.15) is 0 Å². The summed E-state index contributed by atoms with van der Waals surface area (Å²) in [5, 5.41) is 2.63. The van der Waals surface area contributed by atoms with E-state index in [-0.39, 0.29) is 0 Å². The Kier molecular flexibility index (Phi) is 7.18. The van der Waals surface area contributed by atoms with Gasteiger partial charge in [0.05, 0.1) is 11.4 Å². The zero-order chi connectivity index (χ0) is 34.4. The lowest BCUT2D eigenvalue weighted by molar-refractivity contribution is 1.18. The van der Waals surface area contributed by atoms with E-state index in [4.69, 9.17) is 9.97 Å². The third kappa shape index (κ3) is 5.04. The van der Waals surface area contributed by atoms with E-state index < -0.39 is 0 Å². The van der Waals surface area contributed by atoms with Gasteiger partial charge in [0.2, 0.25) is 0 Å². The van der Waals surface area contributed by atoms with Crippen LogP contribution in [0.25, 0.3) is 100 Å². The predicted molar refractivity (Wildman–Crippen MR) is 217 cm³/mol. The fourth-order valence-electron chi connectivity index (χ4n) is 7.86. The maximum absolute atomic E-state index is 5.14. The lowest BCUT2D eigenvalue weighted by atomic mass is 9.89. The number of nitrogens with zero attached hydrogens (tertiary/aromatic N) is 2. The highest BCUT2D eigenvalue weighted by molar-refractivity contribution is 6.19. The van der Waals surface area contributed by atoms with Crippen molar-refractivity contribution in [3.05, 3.63) is 194 Å². The first-order valence-electron chi connectivity index (χ1n) is 17.8. The Labute approximate surface area is 303 Å². The van der Waals surface area contributed by atoms with Crippen LogP contribution in [0.2, 0.25) is 0 Å². The second kappa shape index (κ2) is 12.5. The van der Waals surface area contributed by atoms with Gasteiger partial charge in [-0.1, -0.05) is 188 Å². The smallest absolute Gasteiger partial charge is 0.160 e. The van der Waals surface area contributed by atoms with Crippen LogP contribution >= 0.6 is 0 Å². The summed E-state index contributed by atoms with van der Waals surface area (Å²) in [4.78, 5) is 10.3. The van der Waals surface area contributed by atoms with Crippen molar-refractivity contribution in [2.45, 2.75) is 0 Å². The van der Waals surface area contributed by atoms with Crippen LogP contribution in [-0.2, 0) is 0 Å². The molecular weight excluding hydrogens is 629 g/mol. The molecule has 0 N–H and O–H groups in total. The molecule has 0 bridgehead atoms. The fraction of sp³-hybridized carbons (Fsp3) is 0. The van der Waals surface area contributed by atoms with Crippen molar-refractivity contribution in [3.63, 3.8) is 0 Å². The largest absolute Gasteiger partial charge is 0.228 e. The molecule has 2 heteroatoms. The topological polar surface area (TPSA) is 25.8 Å². The van der Waals surface area contributed by atoms with Crippen molar-refractivity contribution in [3.8, 4) is 89.5 Å². The Morgan fingerprint density at radius 3 is 1.37 bits per heavy atom. The van der Waals surface area contributed by atoms with Crippen LogP contribution in [0.1, 0.15) is 0 Å². The van der Waals surface area contributed by atoms with E-state index in [1.807, 2.05) is 18.2 Å². The first-order chi connectivity index (χ1) is 25.8. The minimum absolute atomic E-state index is 0.708. The fourth-order valence-corrected chi connectivity index (χ4v) is 7.86. The molecule has 0 saturated carbocycles. The van der Waals surface area contributed by atoms with E-state index >= 15 is 0 Å². The third-order valence-electron chi connectivity index (χ3n) is 10.3. The molecule has 0 radical (unpaired) electrons. The molecule has 1 aliphatic carbocycles. The maximum atomic E-state index is 5.14. The van der Waals surface area contributed by atoms with Crippen LogP contribution < -0.4 is 0 Å². The van der Waals surface area contributed by atoms with Crippen LogP contribution in [-0.4, -0.2) is 9.97 Å². The summed E-state index contributed by atoms with van der Waals surface area (Å²) in [6, 6.07) is 69.1. The van der Waals surface area contributed by atoms with Gasteiger partial charge >= 0.3 is 0 Å². The summed E-state index contributed by atoms with van der Waals surface area (Å²) in [6.45, 7) is 0. The van der Waals surface area contributed by atoms with E-state index in [0.29, 0.717) is 5.82 Å². The van der Waals surface area contributed by atoms with Crippen molar-refractivity contribution < 1.29 is 0 Å². The van der Waals surface area contributed by atoms with Gasteiger partial charge in [-0.25, -0.2) is 9.97 Å². The normalized spacial score (nSPS) is 11.5. The lowest BCUT2D eigenvalue weighted by Crippen LogP contribution is -1.97. The summed E-state index contributed by atoms with van der Waals surface area (Å²) in [5.41, 5.74) is 17.3. The number of rotatable bonds is 6. The van der Waals surface area contributed by atoms with Crippen LogP contribution in [0, 0.1) is 0 Å². The second-order valence-corrected chi connectivity index (χ2v) is 13.3. The molecule has 0 fully saturated rings. The molecule has 0 atom stereocenters. The molecule has 1 heterocycles. The molecule has 2 nitrogen and oxygen atoms in total. The van der Waals surface area contributed by atoms with Crippen LogP contribution in [0.15, 0.2) is 194 Å². The van der Waals surface area contributed by atoms with Gasteiger partial charge in [0.15, 0.2) is 5.82 Å². The van der Waals surface area contributed by atoms with Crippen LogP contribution in [0.4, 0.5) is 0 Å². The van der Waals surface area contributed by atoms with Crippen molar-refractivity contribution in [2.24, 2.45) is 0 Å². The highest BCUT2D eigenvalue weighted by atomic mass is 14.9. The van der Waals surface area contributed by atoms with Crippen molar-refractivity contribution in [1.82, 2.24) is 9.97 Å². The zero-order valence-corrected chi connectivity index (χ0v) is 28.4. The highest BCUT2D eigenvalue weighted by Gasteiger charge is 2.23. The average molecular weight is 661 g/mol. The Balaban J connectivity index is 1.07. The standard InChI is InChI=1S/C50H32N2/c1-3-14-33(15-4-1)38-19-8-12-23-43(38)48-32-47(51-50(52-48)36-16-5-2-6-17-36)35-28-26-34(27-29-35)37-18-7-9-20-39(37)42-30-31-46-41-22-11-10-21-40(41)44-24-13-25-45(42)49(44)46/h1-32H. The molecule has 0 saturated heterocycles. The van der Waals surface area contributed by atoms with E-state index in [1.165, 1.54) is 49.7 Å². The monoisotopic (exact) mass is 660 g/mol. The SMILES string of the molecule is c1ccc(-c2nc(-c3ccc(-c4ccccc4-c4ccc5c6c(cccc46)-c4ccccc4-5)cc3)cc(-c3ccccc3-c3ccccc3)n2)cc1. The van der Waals surface area contributed by atoms with Gasteiger partial charge in [-0.05, 0) is 72.5 Å². The van der Waals surface area contributed by atoms with Gasteiger partial charge in [-0.3, -0.25) is 0 Å². The van der Waals surface area contributed by atoms with Gasteiger partial charge < -0.3 is 0 Å². The zero-order valence-electron chi connectivity index (χ0n) is 28.4. The summed E-state index contributed by atoms with van der Waals surface area (Å²) >= 11 is 0. The minimum Gasteiger partial charge on any atom is -0.228 e. The van der Waals surface area contributed by atoms with Crippen molar-refractivity contribution >= 4 is 10.8 Å². The van der Waals surface area contributed by atoms with E-state index in [0.717, 1.165) is 44.8 Å². The molecule has 0 aliphatic heterocycles.